The molecule has 8 unspecified atom stereocenters. The van der Waals surface area contributed by atoms with Crippen molar-refractivity contribution in [2.45, 2.75) is 73.6 Å². The number of aliphatic carboxylic acids is 2. The number of aromatic hydroxyl groups is 2. The number of phenols is 2. The van der Waals surface area contributed by atoms with Crippen LogP contribution in [0.25, 0.3) is 11.1 Å². The third kappa shape index (κ3) is 6.02. The largest absolute Gasteiger partial charge is 0.504 e. The van der Waals surface area contributed by atoms with Crippen LogP contribution in [0, 0.1) is 11.8 Å². The number of nitrogens with zero attached hydrogens (tertiary/aromatic N) is 2. The maximum Gasteiger partial charge on any atom is 0.335 e. The Morgan fingerprint density at radius 2 is 1.03 bits per heavy atom. The highest BCUT2D eigenvalue weighted by molar-refractivity contribution is 5.97. The second-order valence-electron chi connectivity index (χ2n) is 16.3. The van der Waals surface area contributed by atoms with Gasteiger partial charge in [0, 0.05) is 58.7 Å². The minimum absolute atomic E-state index is 0.0341. The molecule has 8 atom stereocenters. The zero-order valence-electron chi connectivity index (χ0n) is 33.3. The molecule has 0 aromatic heterocycles. The average Bonchev–Trinajstić information content (AvgIpc) is 3.19. The van der Waals surface area contributed by atoms with Crippen LogP contribution < -0.4 is 9.47 Å². The molecule has 2 aromatic rings. The molecule has 4 aliphatic carbocycles. The number of carboxylic acid groups (broad SMARTS) is 2. The number of ketones is 2. The van der Waals surface area contributed by atoms with Gasteiger partial charge in [0.2, 0.25) is 0 Å². The van der Waals surface area contributed by atoms with E-state index in [2.05, 4.69) is 23.9 Å². The van der Waals surface area contributed by atoms with E-state index in [0.717, 1.165) is 46.5 Å². The molecule has 4 bridgehead atoms. The molecule has 2 aliphatic heterocycles. The average molecular weight is 807 g/mol. The molecule has 0 radical (unpaired) electrons. The third-order valence-electron chi connectivity index (χ3n) is 13.8. The lowest BCUT2D eigenvalue weighted by Crippen LogP contribution is -2.60. The van der Waals surface area contributed by atoms with E-state index in [9.17, 15) is 29.4 Å². The van der Waals surface area contributed by atoms with Gasteiger partial charge in [0.15, 0.2) is 58.3 Å². The van der Waals surface area contributed by atoms with Crippen molar-refractivity contribution >= 4 is 23.5 Å². The lowest BCUT2D eigenvalue weighted by molar-refractivity contribution is -0.165. The molecule has 0 amide bonds. The fourth-order valence-electron chi connectivity index (χ4n) is 11.0. The summed E-state index contributed by atoms with van der Waals surface area (Å²) in [6, 6.07) is 3.97. The Bertz CT molecular complexity index is 2000. The van der Waals surface area contributed by atoms with E-state index in [1.54, 1.807) is 28.4 Å². The minimum atomic E-state index is -2.27. The van der Waals surface area contributed by atoms with Gasteiger partial charge in [-0.2, -0.15) is 0 Å². The molecule has 16 nitrogen and oxygen atoms in total. The summed E-state index contributed by atoms with van der Waals surface area (Å²) in [5.41, 5.74) is 4.05. The number of carboxylic acids is 2. The molecule has 2 fully saturated rings. The number of rotatable bonds is 8. The number of carbonyl (C=O) groups excluding carboxylic acids is 2. The summed E-state index contributed by atoms with van der Waals surface area (Å²) in [4.78, 5) is 51.3. The number of hydrogen-bond donors (Lipinski definition) is 6. The van der Waals surface area contributed by atoms with Crippen molar-refractivity contribution in [1.29, 1.82) is 0 Å². The number of benzene rings is 2. The van der Waals surface area contributed by atoms with Gasteiger partial charge in [-0.25, -0.2) is 9.59 Å². The minimum Gasteiger partial charge on any atom is -0.504 e. The van der Waals surface area contributed by atoms with Gasteiger partial charge < -0.3 is 59.4 Å². The topological polar surface area (TPSA) is 233 Å². The summed E-state index contributed by atoms with van der Waals surface area (Å²) in [5.74, 6) is -2.12. The fourth-order valence-corrected chi connectivity index (χ4v) is 11.0. The van der Waals surface area contributed by atoms with Crippen LogP contribution >= 0.6 is 0 Å². The van der Waals surface area contributed by atoms with Crippen LogP contribution in [-0.4, -0.2) is 144 Å². The number of likely N-dealkylation sites (tertiary alicyclic amines) is 2. The molecule has 2 heterocycles. The SMILES string of the molecule is COC1=CC2C3Cc4c(-c5cc(OC)c(O)c6c5CC5C7C=C(OC)C(=O)CC67CCN5C)cc(OC)c(O)c4C2(CCN3C)CC1=O.O=C(O)C(O)C(O)C(=O)O. The lowest BCUT2D eigenvalue weighted by atomic mass is 9.52. The lowest BCUT2D eigenvalue weighted by Gasteiger charge is -2.57. The second-order valence-corrected chi connectivity index (χ2v) is 16.3. The predicted octanol–water partition coefficient (Wildman–Crippen LogP) is 1.89. The number of methoxy groups -OCH3 is 4. The zero-order chi connectivity index (χ0) is 42.2. The number of phenolic OH excluding ortho intramolecular Hbond substituents is 2. The van der Waals surface area contributed by atoms with Crippen LogP contribution in [0.1, 0.15) is 47.9 Å². The number of hydrogen-bond acceptors (Lipinski definition) is 14. The maximum absolute atomic E-state index is 13.5. The van der Waals surface area contributed by atoms with Crippen LogP contribution in [0.2, 0.25) is 0 Å². The van der Waals surface area contributed by atoms with E-state index < -0.39 is 35.0 Å². The van der Waals surface area contributed by atoms with Crippen LogP contribution in [0.3, 0.4) is 0 Å². The Kier molecular flexibility index (Phi) is 10.5. The van der Waals surface area contributed by atoms with E-state index in [1.807, 2.05) is 24.3 Å². The molecule has 16 heteroatoms. The van der Waals surface area contributed by atoms with Crippen LogP contribution in [0.5, 0.6) is 23.0 Å². The number of likely N-dealkylation sites (N-methyl/N-ethyl adjacent to an activating group) is 2. The van der Waals surface area contributed by atoms with Gasteiger partial charge in [0.25, 0.3) is 0 Å². The predicted molar refractivity (Wildman–Crippen MR) is 205 cm³/mol. The first-order chi connectivity index (χ1) is 27.5. The van der Waals surface area contributed by atoms with Gasteiger partial charge in [-0.3, -0.25) is 9.59 Å². The van der Waals surface area contributed by atoms with Gasteiger partial charge in [-0.15, -0.1) is 0 Å². The first kappa shape index (κ1) is 41.0. The summed E-state index contributed by atoms with van der Waals surface area (Å²) in [6.07, 6.45) is 2.58. The number of allylic oxidation sites excluding steroid dienone is 2. The van der Waals surface area contributed by atoms with E-state index in [0.29, 0.717) is 48.7 Å². The van der Waals surface area contributed by atoms with Crippen molar-refractivity contribution in [1.82, 2.24) is 9.80 Å². The number of Topliss-reactive ketones (excluding diaryl/α,β-unsaturated/α-hetero) is 2. The Morgan fingerprint density at radius 3 is 1.34 bits per heavy atom. The van der Waals surface area contributed by atoms with Crippen LogP contribution in [0.15, 0.2) is 35.8 Å². The molecule has 312 valence electrons. The molecular formula is C42H50N2O14. The summed E-state index contributed by atoms with van der Waals surface area (Å²) >= 11 is 0. The van der Waals surface area contributed by atoms with Crippen molar-refractivity contribution < 1.29 is 68.8 Å². The molecule has 58 heavy (non-hydrogen) atoms. The van der Waals surface area contributed by atoms with Crippen LogP contribution in [0.4, 0.5) is 0 Å². The first-order valence-electron chi connectivity index (χ1n) is 19.2. The van der Waals surface area contributed by atoms with E-state index >= 15 is 0 Å². The molecule has 2 aromatic carbocycles. The monoisotopic (exact) mass is 806 g/mol. The highest BCUT2D eigenvalue weighted by Crippen LogP contribution is 2.63. The molecule has 8 rings (SSSR count). The standard InChI is InChI=1S/C38H44N2O8.C4H6O6/c1-39-9-7-37-17-27(41)29(45-3)15-23(37)25(39)11-21-19(13-31(47-5)35(43)33(21)37)20-14-32(48-6)36(44)34-22(20)12-26-24-16-30(46-4)28(42)18-38(24,34)8-10-40(26)2;5-1(3(7)8)2(6)4(9)10/h13-16,23-26,43-44H,7-12,17-18H2,1-6H3;1-2,5-6H,(H,7,8)(H,9,10). The fraction of sp³-hybridized carbons (Fsp3) is 0.524. The van der Waals surface area contributed by atoms with Gasteiger partial charge >= 0.3 is 11.9 Å². The van der Waals surface area contributed by atoms with Crippen molar-refractivity contribution in [2.24, 2.45) is 11.8 Å². The van der Waals surface area contributed by atoms with Gasteiger partial charge in [0.05, 0.1) is 28.4 Å². The van der Waals surface area contributed by atoms with Crippen LogP contribution in [-0.2, 0) is 52.3 Å². The van der Waals surface area contributed by atoms with Crippen molar-refractivity contribution in [3.05, 3.63) is 58.1 Å². The molecule has 0 spiro atoms. The highest BCUT2D eigenvalue weighted by atomic mass is 16.5. The number of carbonyl (C=O) groups is 4. The molecule has 6 aliphatic rings. The first-order valence-corrected chi connectivity index (χ1v) is 19.2. The second kappa shape index (κ2) is 14.9. The molecule has 6 N–H and O–H groups in total. The Balaban J connectivity index is 0.000000455. The number of ether oxygens (including phenoxy) is 4. The molecular weight excluding hydrogens is 756 g/mol. The number of aliphatic hydroxyl groups is 2. The van der Waals surface area contributed by atoms with Gasteiger partial charge in [-0.1, -0.05) is 0 Å². The van der Waals surface area contributed by atoms with E-state index in [4.69, 9.17) is 39.4 Å². The highest BCUT2D eigenvalue weighted by Gasteiger charge is 2.59. The molecule has 2 saturated heterocycles. The van der Waals surface area contributed by atoms with Crippen molar-refractivity contribution in [2.75, 3.05) is 55.6 Å². The van der Waals surface area contributed by atoms with Crippen molar-refractivity contribution in [3.63, 3.8) is 0 Å². The van der Waals surface area contributed by atoms with Gasteiger partial charge in [-0.05, 0) is 99.4 Å². The van der Waals surface area contributed by atoms with Gasteiger partial charge in [0.1, 0.15) is 0 Å². The number of piperidine rings is 2. The van der Waals surface area contributed by atoms with E-state index in [1.165, 1.54) is 0 Å². The Hall–Kier alpha value is -5.16. The summed E-state index contributed by atoms with van der Waals surface area (Å²) in [7, 11) is 10.4. The quantitative estimate of drug-likeness (QED) is 0.224. The Morgan fingerprint density at radius 1 is 0.672 bits per heavy atom. The maximum atomic E-state index is 13.5. The smallest absolute Gasteiger partial charge is 0.335 e. The summed E-state index contributed by atoms with van der Waals surface area (Å²) in [6.45, 7) is 1.59. The summed E-state index contributed by atoms with van der Waals surface area (Å²) < 4.78 is 22.8. The van der Waals surface area contributed by atoms with Crippen molar-refractivity contribution in [3.8, 4) is 34.1 Å². The van der Waals surface area contributed by atoms with E-state index in [-0.39, 0.29) is 59.8 Å². The zero-order valence-corrected chi connectivity index (χ0v) is 33.3. The number of aliphatic hydroxyl groups excluding tert-OH is 2. The number of fused-ring (bicyclic) bond motifs is 2. The summed E-state index contributed by atoms with van der Waals surface area (Å²) in [5, 5.41) is 56.5. The Labute approximate surface area is 334 Å². The molecule has 0 saturated carbocycles. The third-order valence-corrected chi connectivity index (χ3v) is 13.8. The normalized spacial score (nSPS) is 29.4.